The van der Waals surface area contributed by atoms with Gasteiger partial charge in [-0.25, -0.2) is 0 Å². The molecule has 1 heterocycles. The number of hydrogen-bond acceptors (Lipinski definition) is 2. The summed E-state index contributed by atoms with van der Waals surface area (Å²) in [6.45, 7) is 5.29. The molecule has 0 spiro atoms. The number of aliphatic hydroxyl groups excluding tert-OH is 1. The van der Waals surface area contributed by atoms with E-state index in [1.54, 1.807) is 0 Å². The van der Waals surface area contributed by atoms with Crippen molar-refractivity contribution in [1.82, 2.24) is 4.57 Å². The van der Waals surface area contributed by atoms with E-state index in [4.69, 9.17) is 0 Å². The van der Waals surface area contributed by atoms with Gasteiger partial charge in [0.1, 0.15) is 0 Å². The molecule has 3 aromatic carbocycles. The Morgan fingerprint density at radius 1 is 0.857 bits per heavy atom. The molecule has 0 aliphatic carbocycles. The largest absolute Gasteiger partial charge is 0.389 e. The number of nitrogens with zero attached hydrogens (tertiary/aromatic N) is 1. The van der Waals surface area contributed by atoms with Gasteiger partial charge < -0.3 is 15.0 Å². The quantitative estimate of drug-likeness (QED) is 0.274. The van der Waals surface area contributed by atoms with Crippen molar-refractivity contribution in [3.8, 4) is 0 Å². The molecular formula is C23H22I2N2O. The zero-order valence-corrected chi connectivity index (χ0v) is 20.2. The summed E-state index contributed by atoms with van der Waals surface area (Å²) in [5.74, 6) is 0. The highest BCUT2D eigenvalue weighted by Gasteiger charge is 2.14. The minimum absolute atomic E-state index is 0.487. The van der Waals surface area contributed by atoms with Crippen LogP contribution in [0.15, 0.2) is 54.6 Å². The lowest BCUT2D eigenvalue weighted by Gasteiger charge is -2.16. The highest BCUT2D eigenvalue weighted by atomic mass is 127. The minimum atomic E-state index is -0.487. The Hall–Kier alpha value is -1.32. The predicted octanol–water partition coefficient (Wildman–Crippen LogP) is 6.09. The van der Waals surface area contributed by atoms with Crippen molar-refractivity contribution < 1.29 is 5.11 Å². The van der Waals surface area contributed by atoms with Crippen LogP contribution in [-0.2, 0) is 6.54 Å². The van der Waals surface area contributed by atoms with Gasteiger partial charge in [0.2, 0.25) is 0 Å². The van der Waals surface area contributed by atoms with Crippen LogP contribution in [0.1, 0.15) is 11.1 Å². The number of anilines is 1. The smallest absolute Gasteiger partial charge is 0.0891 e. The maximum Gasteiger partial charge on any atom is 0.0891 e. The van der Waals surface area contributed by atoms with Crippen LogP contribution in [0.5, 0.6) is 0 Å². The molecule has 0 saturated heterocycles. The molecule has 3 nitrogen and oxygen atoms in total. The number of rotatable bonds is 5. The van der Waals surface area contributed by atoms with Crippen LogP contribution in [0.2, 0.25) is 0 Å². The molecule has 5 heteroatoms. The summed E-state index contributed by atoms with van der Waals surface area (Å²) < 4.78 is 4.68. The van der Waals surface area contributed by atoms with E-state index in [2.05, 4.69) is 124 Å². The molecule has 2 N–H and O–H groups in total. The molecular weight excluding hydrogens is 574 g/mol. The van der Waals surface area contributed by atoms with E-state index in [0.717, 1.165) is 5.69 Å². The van der Waals surface area contributed by atoms with Crippen molar-refractivity contribution in [2.75, 3.05) is 11.9 Å². The Balaban J connectivity index is 1.62. The third-order valence-electron chi connectivity index (χ3n) is 5.23. The maximum absolute atomic E-state index is 10.7. The van der Waals surface area contributed by atoms with Gasteiger partial charge in [-0.05, 0) is 119 Å². The van der Waals surface area contributed by atoms with Gasteiger partial charge in [-0.15, -0.1) is 0 Å². The molecule has 1 atom stereocenters. The van der Waals surface area contributed by atoms with E-state index in [0.29, 0.717) is 13.1 Å². The first-order valence-electron chi connectivity index (χ1n) is 9.28. The third kappa shape index (κ3) is 4.02. The van der Waals surface area contributed by atoms with Crippen molar-refractivity contribution >= 4 is 72.7 Å². The molecule has 0 unspecified atom stereocenters. The van der Waals surface area contributed by atoms with Gasteiger partial charge in [-0.3, -0.25) is 0 Å². The standard InChI is InChI=1S/C23H22I2N2O/c1-14-3-6-18(9-15(14)2)26-12-19(28)13-27-22-7-4-16(24)10-20(22)21-11-17(25)5-8-23(21)27/h3-11,19,26,28H,12-13H2,1-2H3/t19-/m0/s1. The number of benzene rings is 3. The van der Waals surface area contributed by atoms with Gasteiger partial charge in [-0.2, -0.15) is 0 Å². The molecule has 144 valence electrons. The van der Waals surface area contributed by atoms with Crippen LogP contribution in [0.25, 0.3) is 21.8 Å². The van der Waals surface area contributed by atoms with Crippen molar-refractivity contribution in [3.05, 3.63) is 72.9 Å². The molecule has 1 aromatic heterocycles. The number of hydrogen-bond donors (Lipinski definition) is 2. The second-order valence-corrected chi connectivity index (χ2v) is 9.76. The molecule has 0 bridgehead atoms. The molecule has 0 fully saturated rings. The highest BCUT2D eigenvalue weighted by molar-refractivity contribution is 14.1. The zero-order valence-electron chi connectivity index (χ0n) is 15.8. The normalized spacial score (nSPS) is 12.6. The fourth-order valence-corrected chi connectivity index (χ4v) is 4.59. The van der Waals surface area contributed by atoms with Crippen molar-refractivity contribution in [2.45, 2.75) is 26.5 Å². The maximum atomic E-state index is 10.7. The average Bonchev–Trinajstić information content (AvgIpc) is 2.95. The Labute approximate surface area is 192 Å². The molecule has 4 rings (SSSR count). The van der Waals surface area contributed by atoms with E-state index in [9.17, 15) is 5.11 Å². The summed E-state index contributed by atoms with van der Waals surface area (Å²) in [7, 11) is 0. The number of fused-ring (bicyclic) bond motifs is 3. The Bertz CT molecular complexity index is 1110. The summed E-state index contributed by atoms with van der Waals surface area (Å²) in [6.07, 6.45) is -0.487. The van der Waals surface area contributed by atoms with E-state index in [1.165, 1.54) is 40.1 Å². The van der Waals surface area contributed by atoms with Gasteiger partial charge in [0.25, 0.3) is 0 Å². The fraction of sp³-hybridized carbons (Fsp3) is 0.217. The summed E-state index contributed by atoms with van der Waals surface area (Å²) in [6, 6.07) is 19.3. The first-order chi connectivity index (χ1) is 13.4. The van der Waals surface area contributed by atoms with Gasteiger partial charge in [0.05, 0.1) is 12.6 Å². The second kappa shape index (κ2) is 8.20. The van der Waals surface area contributed by atoms with E-state index in [1.807, 2.05) is 0 Å². The summed E-state index contributed by atoms with van der Waals surface area (Å²) in [5, 5.41) is 16.6. The minimum Gasteiger partial charge on any atom is -0.389 e. The van der Waals surface area contributed by atoms with Crippen LogP contribution in [0.3, 0.4) is 0 Å². The highest BCUT2D eigenvalue weighted by Crippen LogP contribution is 2.31. The number of aromatic nitrogens is 1. The van der Waals surface area contributed by atoms with Crippen LogP contribution in [-0.4, -0.2) is 22.3 Å². The topological polar surface area (TPSA) is 37.2 Å². The molecule has 0 aliphatic rings. The zero-order chi connectivity index (χ0) is 19.8. The summed E-state index contributed by atoms with van der Waals surface area (Å²) >= 11 is 4.72. The molecule has 28 heavy (non-hydrogen) atoms. The monoisotopic (exact) mass is 596 g/mol. The molecule has 0 radical (unpaired) electrons. The summed E-state index contributed by atoms with van der Waals surface area (Å²) in [5.41, 5.74) is 5.92. The number of halogens is 2. The lowest BCUT2D eigenvalue weighted by atomic mass is 10.1. The first-order valence-corrected chi connectivity index (χ1v) is 11.4. The summed E-state index contributed by atoms with van der Waals surface area (Å²) in [4.78, 5) is 0. The Morgan fingerprint density at radius 3 is 2.04 bits per heavy atom. The van der Waals surface area contributed by atoms with Gasteiger partial charge in [-0.1, -0.05) is 6.07 Å². The fourth-order valence-electron chi connectivity index (χ4n) is 3.61. The van der Waals surface area contributed by atoms with Gasteiger partial charge in [0, 0.05) is 41.2 Å². The van der Waals surface area contributed by atoms with Crippen LogP contribution < -0.4 is 5.32 Å². The van der Waals surface area contributed by atoms with Crippen LogP contribution in [0, 0.1) is 21.0 Å². The van der Waals surface area contributed by atoms with E-state index < -0.39 is 6.10 Å². The average molecular weight is 596 g/mol. The lowest BCUT2D eigenvalue weighted by molar-refractivity contribution is 0.169. The number of aliphatic hydroxyl groups is 1. The van der Waals surface area contributed by atoms with Crippen molar-refractivity contribution in [3.63, 3.8) is 0 Å². The van der Waals surface area contributed by atoms with Crippen molar-refractivity contribution in [2.24, 2.45) is 0 Å². The number of aryl methyl sites for hydroxylation is 2. The van der Waals surface area contributed by atoms with Crippen LogP contribution in [0.4, 0.5) is 5.69 Å². The second-order valence-electron chi connectivity index (χ2n) is 7.27. The lowest BCUT2D eigenvalue weighted by Crippen LogP contribution is -2.24. The molecule has 0 amide bonds. The Morgan fingerprint density at radius 2 is 1.46 bits per heavy atom. The SMILES string of the molecule is Cc1ccc(NC[C@H](O)Cn2c3ccc(I)cc3c3cc(I)ccc32)cc1C. The Kier molecular flexibility index (Phi) is 5.85. The van der Waals surface area contributed by atoms with E-state index >= 15 is 0 Å². The van der Waals surface area contributed by atoms with Crippen LogP contribution >= 0.6 is 45.2 Å². The van der Waals surface area contributed by atoms with Gasteiger partial charge in [0.15, 0.2) is 0 Å². The van der Waals surface area contributed by atoms with Crippen molar-refractivity contribution in [1.29, 1.82) is 0 Å². The predicted molar refractivity (Wildman–Crippen MR) is 135 cm³/mol. The molecule has 0 aliphatic heterocycles. The van der Waals surface area contributed by atoms with Gasteiger partial charge >= 0.3 is 0 Å². The first kappa shape index (κ1) is 20.0. The van der Waals surface area contributed by atoms with E-state index in [-0.39, 0.29) is 0 Å². The third-order valence-corrected chi connectivity index (χ3v) is 6.57. The number of nitrogens with one attached hydrogen (secondary N) is 1. The molecule has 0 saturated carbocycles. The molecule has 4 aromatic rings.